The fraction of sp³-hybridized carbons (Fsp3) is 0.167. The van der Waals surface area contributed by atoms with Gasteiger partial charge >= 0.3 is 0 Å². The molecule has 0 N–H and O–H groups in total. The van der Waals surface area contributed by atoms with E-state index < -0.39 is 0 Å². The number of fused-ring (bicyclic) bond motifs is 1. The summed E-state index contributed by atoms with van der Waals surface area (Å²) in [5, 5.41) is 13.6. The van der Waals surface area contributed by atoms with Crippen LogP contribution in [0, 0.1) is 13.8 Å². The van der Waals surface area contributed by atoms with Crippen molar-refractivity contribution in [3.63, 3.8) is 0 Å². The minimum Gasteiger partial charge on any atom is -0.289 e. The van der Waals surface area contributed by atoms with Crippen molar-refractivity contribution >= 4 is 10.8 Å². The van der Waals surface area contributed by atoms with E-state index in [9.17, 15) is 5.11 Å². The van der Waals surface area contributed by atoms with Crippen molar-refractivity contribution in [1.82, 2.24) is 0 Å². The molecule has 0 spiro atoms. The average molecular weight is 171 g/mol. The molecular formula is C12H11O. The van der Waals surface area contributed by atoms with E-state index in [0.29, 0.717) is 0 Å². The summed E-state index contributed by atoms with van der Waals surface area (Å²) >= 11 is 0. The largest absolute Gasteiger partial charge is 0.289 e. The fourth-order valence-electron chi connectivity index (χ4n) is 1.71. The lowest BCUT2D eigenvalue weighted by Crippen LogP contribution is -1.82. The van der Waals surface area contributed by atoms with Gasteiger partial charge in [0.2, 0.25) is 0 Å². The topological polar surface area (TPSA) is 19.9 Å². The van der Waals surface area contributed by atoms with Crippen LogP contribution in [0.1, 0.15) is 11.1 Å². The molecule has 2 aromatic rings. The Balaban J connectivity index is 2.97. The van der Waals surface area contributed by atoms with Crippen LogP contribution >= 0.6 is 0 Å². The summed E-state index contributed by atoms with van der Waals surface area (Å²) in [5.74, 6) is 0.154. The normalized spacial score (nSPS) is 10.6. The van der Waals surface area contributed by atoms with Crippen molar-refractivity contribution in [3.05, 3.63) is 41.5 Å². The van der Waals surface area contributed by atoms with Gasteiger partial charge in [0, 0.05) is 5.39 Å². The third-order valence-electron chi connectivity index (χ3n) is 2.39. The lowest BCUT2D eigenvalue weighted by atomic mass is 10.0. The standard InChI is InChI=1S/C12H11O/c1-8-7-9(2)12(13)11-6-4-3-5-10(8)11/h3-7H,1-2H3. The van der Waals surface area contributed by atoms with Gasteiger partial charge in [-0.2, -0.15) is 0 Å². The van der Waals surface area contributed by atoms with E-state index in [1.54, 1.807) is 0 Å². The van der Waals surface area contributed by atoms with Gasteiger partial charge in [0.25, 0.3) is 0 Å². The van der Waals surface area contributed by atoms with Gasteiger partial charge in [-0.15, -0.1) is 0 Å². The van der Waals surface area contributed by atoms with Crippen LogP contribution in [0.25, 0.3) is 10.8 Å². The van der Waals surface area contributed by atoms with E-state index >= 15 is 0 Å². The molecule has 0 aliphatic carbocycles. The highest BCUT2D eigenvalue weighted by atomic mass is 16.3. The van der Waals surface area contributed by atoms with Gasteiger partial charge in [0.05, 0.1) is 0 Å². The molecule has 0 unspecified atom stereocenters. The van der Waals surface area contributed by atoms with Crippen molar-refractivity contribution in [1.29, 1.82) is 0 Å². The highest BCUT2D eigenvalue weighted by Gasteiger charge is 2.06. The molecule has 0 aromatic heterocycles. The Bertz CT molecular complexity index is 458. The molecule has 1 heteroatoms. The van der Waals surface area contributed by atoms with Crippen LogP contribution in [0.4, 0.5) is 0 Å². The summed E-state index contributed by atoms with van der Waals surface area (Å²) in [6, 6.07) is 9.70. The number of aryl methyl sites for hydroxylation is 2. The van der Waals surface area contributed by atoms with Gasteiger partial charge in [-0.3, -0.25) is 5.11 Å². The first kappa shape index (κ1) is 8.11. The van der Waals surface area contributed by atoms with Gasteiger partial charge in [-0.25, -0.2) is 0 Å². The maximum absolute atomic E-state index is 11.7. The molecule has 0 aliphatic rings. The third-order valence-corrected chi connectivity index (χ3v) is 2.39. The number of hydrogen-bond donors (Lipinski definition) is 0. The van der Waals surface area contributed by atoms with E-state index in [1.807, 2.05) is 44.2 Å². The zero-order valence-electron chi connectivity index (χ0n) is 7.79. The second-order valence-corrected chi connectivity index (χ2v) is 3.39. The molecule has 2 aromatic carbocycles. The molecule has 0 saturated heterocycles. The maximum atomic E-state index is 11.7. The van der Waals surface area contributed by atoms with Crippen LogP contribution in [0.5, 0.6) is 5.75 Å². The number of benzene rings is 2. The highest BCUT2D eigenvalue weighted by Crippen LogP contribution is 2.30. The van der Waals surface area contributed by atoms with Crippen molar-refractivity contribution < 1.29 is 5.11 Å². The summed E-state index contributed by atoms with van der Waals surface area (Å²) in [7, 11) is 0. The van der Waals surface area contributed by atoms with E-state index in [-0.39, 0.29) is 5.75 Å². The monoisotopic (exact) mass is 171 g/mol. The molecule has 0 amide bonds. The Labute approximate surface area is 77.6 Å². The van der Waals surface area contributed by atoms with E-state index in [2.05, 4.69) is 0 Å². The molecule has 13 heavy (non-hydrogen) atoms. The summed E-state index contributed by atoms with van der Waals surface area (Å²) in [4.78, 5) is 0. The Hall–Kier alpha value is -1.50. The zero-order valence-corrected chi connectivity index (χ0v) is 7.79. The summed E-state index contributed by atoms with van der Waals surface area (Å²) in [5.41, 5.74) is 2.00. The molecule has 0 bridgehead atoms. The fourth-order valence-corrected chi connectivity index (χ4v) is 1.71. The lowest BCUT2D eigenvalue weighted by Gasteiger charge is -2.04. The van der Waals surface area contributed by atoms with Crippen molar-refractivity contribution in [2.24, 2.45) is 0 Å². The molecule has 0 heterocycles. The van der Waals surface area contributed by atoms with Crippen molar-refractivity contribution in [2.75, 3.05) is 0 Å². The molecule has 0 fully saturated rings. The molecule has 1 nitrogen and oxygen atoms in total. The van der Waals surface area contributed by atoms with Crippen molar-refractivity contribution in [2.45, 2.75) is 13.8 Å². The summed E-state index contributed by atoms with van der Waals surface area (Å²) < 4.78 is 0. The first-order chi connectivity index (χ1) is 6.20. The van der Waals surface area contributed by atoms with E-state index in [1.165, 1.54) is 5.56 Å². The molecule has 0 saturated carbocycles. The SMILES string of the molecule is Cc1cc(C)c2ccccc2c1[O]. The quantitative estimate of drug-likeness (QED) is 0.577. The molecule has 2 rings (SSSR count). The predicted molar refractivity (Wildman–Crippen MR) is 53.6 cm³/mol. The molecular weight excluding hydrogens is 160 g/mol. The number of rotatable bonds is 0. The highest BCUT2D eigenvalue weighted by molar-refractivity contribution is 5.91. The van der Waals surface area contributed by atoms with Gasteiger partial charge < -0.3 is 0 Å². The molecule has 0 aliphatic heterocycles. The van der Waals surface area contributed by atoms with Gasteiger partial charge in [0.15, 0.2) is 5.75 Å². The smallest absolute Gasteiger partial charge is 0.189 e. The predicted octanol–water partition coefficient (Wildman–Crippen LogP) is 3.60. The lowest BCUT2D eigenvalue weighted by molar-refractivity contribution is 0.357. The van der Waals surface area contributed by atoms with Crippen LogP contribution in [0.3, 0.4) is 0 Å². The van der Waals surface area contributed by atoms with Gasteiger partial charge in [-0.1, -0.05) is 30.3 Å². The minimum atomic E-state index is 0.154. The second kappa shape index (κ2) is 2.77. The van der Waals surface area contributed by atoms with E-state index in [4.69, 9.17) is 0 Å². The number of hydrogen-bond acceptors (Lipinski definition) is 0. The molecule has 1 radical (unpaired) electrons. The second-order valence-electron chi connectivity index (χ2n) is 3.39. The van der Waals surface area contributed by atoms with Gasteiger partial charge in [-0.05, 0) is 30.4 Å². The van der Waals surface area contributed by atoms with Crippen LogP contribution in [0.2, 0.25) is 0 Å². The van der Waals surface area contributed by atoms with Crippen LogP contribution in [-0.4, -0.2) is 0 Å². The van der Waals surface area contributed by atoms with Gasteiger partial charge in [0.1, 0.15) is 0 Å². The third kappa shape index (κ3) is 1.17. The maximum Gasteiger partial charge on any atom is 0.189 e. The summed E-state index contributed by atoms with van der Waals surface area (Å²) in [6.07, 6.45) is 0. The van der Waals surface area contributed by atoms with Crippen LogP contribution in [0.15, 0.2) is 30.3 Å². The van der Waals surface area contributed by atoms with Crippen molar-refractivity contribution in [3.8, 4) is 5.75 Å². The average Bonchev–Trinajstić information content (AvgIpc) is 2.15. The Morgan fingerprint density at radius 1 is 0.923 bits per heavy atom. The Morgan fingerprint density at radius 3 is 2.23 bits per heavy atom. The first-order valence-electron chi connectivity index (χ1n) is 4.36. The summed E-state index contributed by atoms with van der Waals surface area (Å²) in [6.45, 7) is 3.90. The molecule has 65 valence electrons. The van der Waals surface area contributed by atoms with Crippen LogP contribution < -0.4 is 0 Å². The zero-order chi connectivity index (χ0) is 9.42. The molecule has 0 atom stereocenters. The Kier molecular flexibility index (Phi) is 1.73. The Morgan fingerprint density at radius 2 is 1.54 bits per heavy atom. The first-order valence-corrected chi connectivity index (χ1v) is 4.36. The minimum absolute atomic E-state index is 0.154. The van der Waals surface area contributed by atoms with E-state index in [0.717, 1.165) is 16.3 Å². The van der Waals surface area contributed by atoms with Crippen LogP contribution in [-0.2, 0) is 5.11 Å².